The van der Waals surface area contributed by atoms with Gasteiger partial charge in [0.2, 0.25) is 0 Å². The molecule has 0 radical (unpaired) electrons. The van der Waals surface area contributed by atoms with Gasteiger partial charge in [-0.2, -0.15) is 0 Å². The van der Waals surface area contributed by atoms with Crippen molar-refractivity contribution >= 4 is 15.9 Å². The Bertz CT molecular complexity index is 552. The van der Waals surface area contributed by atoms with Crippen molar-refractivity contribution in [2.75, 3.05) is 7.05 Å². The lowest BCUT2D eigenvalue weighted by Crippen LogP contribution is -2.43. The van der Waals surface area contributed by atoms with E-state index in [4.69, 9.17) is 0 Å². The van der Waals surface area contributed by atoms with E-state index < -0.39 is 22.0 Å². The Morgan fingerprint density at radius 2 is 1.89 bits per heavy atom. The van der Waals surface area contributed by atoms with Gasteiger partial charge in [0, 0.05) is 0 Å². The van der Waals surface area contributed by atoms with Crippen LogP contribution in [0.5, 0.6) is 0 Å². The summed E-state index contributed by atoms with van der Waals surface area (Å²) in [7, 11) is -2.21. The molecule has 6 heteroatoms. The molecule has 2 N–H and O–H groups in total. The molecule has 0 aromatic heterocycles. The van der Waals surface area contributed by atoms with Crippen molar-refractivity contribution in [2.24, 2.45) is 0 Å². The van der Waals surface area contributed by atoms with Crippen molar-refractivity contribution in [3.8, 4) is 0 Å². The number of hydrogen-bond acceptors (Lipinski definition) is 4. The highest BCUT2D eigenvalue weighted by Crippen LogP contribution is 2.16. The molecule has 1 aromatic rings. The second-order valence-corrected chi connectivity index (χ2v) is 5.90. The quantitative estimate of drug-likeness (QED) is 0.845. The minimum Gasteiger partial charge on any atom is -0.309 e. The summed E-state index contributed by atoms with van der Waals surface area (Å²) < 4.78 is 26.1. The molecule has 0 aliphatic heterocycles. The van der Waals surface area contributed by atoms with Gasteiger partial charge in [-0.05, 0) is 39.4 Å². The number of likely N-dealkylation sites (N-methyl/N-ethyl adjacent to an activating group) is 1. The van der Waals surface area contributed by atoms with E-state index in [-0.39, 0.29) is 4.90 Å². The first-order chi connectivity index (χ1) is 8.27. The van der Waals surface area contributed by atoms with Crippen LogP contribution in [0.25, 0.3) is 0 Å². The predicted molar refractivity (Wildman–Crippen MR) is 69.8 cm³/mol. The smallest absolute Gasteiger partial charge is 0.264 e. The van der Waals surface area contributed by atoms with E-state index in [1.807, 2.05) is 6.92 Å². The first kappa shape index (κ1) is 14.7. The molecule has 100 valence electrons. The zero-order valence-corrected chi connectivity index (χ0v) is 11.8. The van der Waals surface area contributed by atoms with Gasteiger partial charge in [0.15, 0.2) is 0 Å². The van der Waals surface area contributed by atoms with Gasteiger partial charge in [0.05, 0.1) is 10.9 Å². The van der Waals surface area contributed by atoms with Crippen molar-refractivity contribution in [2.45, 2.75) is 31.7 Å². The SMILES string of the molecule is CN[C@H](C)C(=O)NS(=O)(=O)c1ccc(C)cc1C. The lowest BCUT2D eigenvalue weighted by Gasteiger charge is -2.13. The number of amides is 1. The molecule has 1 amide bonds. The molecular formula is C12H18N2O3S. The Morgan fingerprint density at radius 3 is 2.39 bits per heavy atom. The highest BCUT2D eigenvalue weighted by atomic mass is 32.2. The molecule has 0 aliphatic rings. The van der Waals surface area contributed by atoms with Crippen LogP contribution in [-0.2, 0) is 14.8 Å². The number of benzene rings is 1. The molecule has 5 nitrogen and oxygen atoms in total. The van der Waals surface area contributed by atoms with E-state index in [2.05, 4.69) is 10.0 Å². The molecular weight excluding hydrogens is 252 g/mol. The van der Waals surface area contributed by atoms with Crippen molar-refractivity contribution in [3.63, 3.8) is 0 Å². The monoisotopic (exact) mass is 270 g/mol. The number of sulfonamides is 1. The average molecular weight is 270 g/mol. The summed E-state index contributed by atoms with van der Waals surface area (Å²) in [5, 5.41) is 2.69. The predicted octanol–water partition coefficient (Wildman–Crippen LogP) is 0.716. The third-order valence-corrected chi connectivity index (χ3v) is 4.19. The Morgan fingerprint density at radius 1 is 1.28 bits per heavy atom. The first-order valence-corrected chi connectivity index (χ1v) is 7.07. The number of aryl methyl sites for hydroxylation is 2. The number of carbonyl (C=O) groups excluding carboxylic acids is 1. The second-order valence-electron chi connectivity index (χ2n) is 4.25. The van der Waals surface area contributed by atoms with Crippen LogP contribution in [0.1, 0.15) is 18.1 Å². The topological polar surface area (TPSA) is 75.3 Å². The number of hydrogen-bond donors (Lipinski definition) is 2. The van der Waals surface area contributed by atoms with E-state index >= 15 is 0 Å². The molecule has 1 rings (SSSR count). The first-order valence-electron chi connectivity index (χ1n) is 5.59. The van der Waals surface area contributed by atoms with Crippen LogP contribution >= 0.6 is 0 Å². The fraction of sp³-hybridized carbons (Fsp3) is 0.417. The van der Waals surface area contributed by atoms with E-state index in [0.717, 1.165) is 5.56 Å². The highest BCUT2D eigenvalue weighted by molar-refractivity contribution is 7.90. The van der Waals surface area contributed by atoms with Crippen LogP contribution < -0.4 is 10.0 Å². The van der Waals surface area contributed by atoms with Gasteiger partial charge in [-0.25, -0.2) is 13.1 Å². The molecule has 1 aromatic carbocycles. The van der Waals surface area contributed by atoms with E-state index in [1.54, 1.807) is 33.0 Å². The summed E-state index contributed by atoms with van der Waals surface area (Å²) in [6.07, 6.45) is 0. The summed E-state index contributed by atoms with van der Waals surface area (Å²) >= 11 is 0. The maximum Gasteiger partial charge on any atom is 0.264 e. The van der Waals surface area contributed by atoms with E-state index in [1.165, 1.54) is 6.07 Å². The summed E-state index contributed by atoms with van der Waals surface area (Å²) in [6, 6.07) is 4.41. The Kier molecular flexibility index (Phi) is 4.48. The normalized spacial score (nSPS) is 13.1. The highest BCUT2D eigenvalue weighted by Gasteiger charge is 2.22. The van der Waals surface area contributed by atoms with Gasteiger partial charge in [-0.3, -0.25) is 4.79 Å². The molecule has 0 aliphatic carbocycles. The van der Waals surface area contributed by atoms with Crippen molar-refractivity contribution in [1.82, 2.24) is 10.0 Å². The second kappa shape index (κ2) is 5.49. The molecule has 0 bridgehead atoms. The van der Waals surface area contributed by atoms with Gasteiger partial charge in [-0.1, -0.05) is 17.7 Å². The molecule has 0 saturated heterocycles. The number of rotatable bonds is 4. The summed E-state index contributed by atoms with van der Waals surface area (Å²) in [6.45, 7) is 5.17. The van der Waals surface area contributed by atoms with Crippen LogP contribution in [0.4, 0.5) is 0 Å². The number of nitrogens with one attached hydrogen (secondary N) is 2. The van der Waals surface area contributed by atoms with Gasteiger partial charge in [-0.15, -0.1) is 0 Å². The summed E-state index contributed by atoms with van der Waals surface area (Å²) in [4.78, 5) is 11.7. The number of carbonyl (C=O) groups is 1. The molecule has 0 spiro atoms. The van der Waals surface area contributed by atoms with Crippen molar-refractivity contribution < 1.29 is 13.2 Å². The van der Waals surface area contributed by atoms with Crippen LogP contribution in [0.2, 0.25) is 0 Å². The van der Waals surface area contributed by atoms with Gasteiger partial charge in [0.25, 0.3) is 15.9 Å². The van der Waals surface area contributed by atoms with E-state index in [9.17, 15) is 13.2 Å². The van der Waals surface area contributed by atoms with E-state index in [0.29, 0.717) is 5.56 Å². The zero-order chi connectivity index (χ0) is 13.9. The fourth-order valence-corrected chi connectivity index (χ4v) is 2.79. The molecule has 0 heterocycles. The molecule has 1 atom stereocenters. The van der Waals surface area contributed by atoms with Gasteiger partial charge in [0.1, 0.15) is 0 Å². The van der Waals surface area contributed by atoms with Crippen LogP contribution in [0.3, 0.4) is 0 Å². The Hall–Kier alpha value is -1.40. The largest absolute Gasteiger partial charge is 0.309 e. The Balaban J connectivity index is 3.04. The Labute approximate surface area is 108 Å². The third kappa shape index (κ3) is 3.30. The van der Waals surface area contributed by atoms with Crippen LogP contribution in [-0.4, -0.2) is 27.4 Å². The maximum atomic E-state index is 12.0. The van der Waals surface area contributed by atoms with Crippen molar-refractivity contribution in [1.29, 1.82) is 0 Å². The lowest BCUT2D eigenvalue weighted by molar-refractivity contribution is -0.120. The zero-order valence-electron chi connectivity index (χ0n) is 10.9. The third-order valence-electron chi connectivity index (χ3n) is 2.68. The molecule has 0 unspecified atom stereocenters. The van der Waals surface area contributed by atoms with Crippen molar-refractivity contribution in [3.05, 3.63) is 29.3 Å². The minimum absolute atomic E-state index is 0.129. The minimum atomic E-state index is -3.80. The standard InChI is InChI=1S/C12H18N2O3S/c1-8-5-6-11(9(2)7-8)18(16,17)14-12(15)10(3)13-4/h5-7,10,13H,1-4H3,(H,14,15)/t10-/m1/s1. The molecule has 0 fully saturated rings. The summed E-state index contributed by atoms with van der Waals surface area (Å²) in [5.74, 6) is -0.572. The molecule has 18 heavy (non-hydrogen) atoms. The summed E-state index contributed by atoms with van der Waals surface area (Å²) in [5.41, 5.74) is 1.59. The van der Waals surface area contributed by atoms with Crippen LogP contribution in [0.15, 0.2) is 23.1 Å². The van der Waals surface area contributed by atoms with Gasteiger partial charge >= 0.3 is 0 Å². The fourth-order valence-electron chi connectivity index (χ4n) is 1.51. The molecule has 0 saturated carbocycles. The van der Waals surface area contributed by atoms with Crippen LogP contribution in [0, 0.1) is 13.8 Å². The maximum absolute atomic E-state index is 12.0. The lowest BCUT2D eigenvalue weighted by atomic mass is 10.2. The average Bonchev–Trinajstić information content (AvgIpc) is 2.26. The van der Waals surface area contributed by atoms with Gasteiger partial charge < -0.3 is 5.32 Å².